The van der Waals surface area contributed by atoms with Crippen LogP contribution in [0.5, 0.6) is 0 Å². The molecule has 106 valence electrons. The van der Waals surface area contributed by atoms with Crippen molar-refractivity contribution in [2.24, 2.45) is 0 Å². The Labute approximate surface area is 121 Å². The van der Waals surface area contributed by atoms with Crippen LogP contribution in [0.25, 0.3) is 0 Å². The predicted octanol–water partition coefficient (Wildman–Crippen LogP) is 1.58. The monoisotopic (exact) mass is 291 g/mol. The van der Waals surface area contributed by atoms with Crippen molar-refractivity contribution < 1.29 is 0 Å². The molecule has 8 heteroatoms. The lowest BCUT2D eigenvalue weighted by molar-refractivity contribution is 0.923. The van der Waals surface area contributed by atoms with Gasteiger partial charge in [0.25, 0.3) is 0 Å². The van der Waals surface area contributed by atoms with E-state index in [0.29, 0.717) is 16.8 Å². The van der Waals surface area contributed by atoms with E-state index in [9.17, 15) is 0 Å². The van der Waals surface area contributed by atoms with Crippen LogP contribution in [0.2, 0.25) is 0 Å². The largest absolute Gasteiger partial charge is 0.383 e. The predicted molar refractivity (Wildman–Crippen MR) is 80.6 cm³/mol. The lowest BCUT2D eigenvalue weighted by Gasteiger charge is -2.11. The highest BCUT2D eigenvalue weighted by Gasteiger charge is 2.12. The lowest BCUT2D eigenvalue weighted by Crippen LogP contribution is -2.06. The number of aromatic nitrogens is 4. The number of nitrogens with one attached hydrogen (secondary N) is 1. The van der Waals surface area contributed by atoms with Crippen molar-refractivity contribution >= 4 is 29.2 Å². The molecule has 2 heterocycles. The molecule has 0 aliphatic carbocycles. The zero-order valence-corrected chi connectivity index (χ0v) is 12.2. The quantitative estimate of drug-likeness (QED) is 0.561. The summed E-state index contributed by atoms with van der Waals surface area (Å²) in [5, 5.41) is 4.51. The van der Waals surface area contributed by atoms with Crippen molar-refractivity contribution in [3.8, 4) is 0 Å². The summed E-state index contributed by atoms with van der Waals surface area (Å²) in [5.74, 6) is 1.53. The summed E-state index contributed by atoms with van der Waals surface area (Å²) in [4.78, 5) is 16.8. The van der Waals surface area contributed by atoms with Crippen LogP contribution in [-0.2, 0) is 6.42 Å². The molecule has 20 heavy (non-hydrogen) atoms. The van der Waals surface area contributed by atoms with E-state index >= 15 is 0 Å². The fourth-order valence-corrected chi connectivity index (χ4v) is 2.66. The normalized spacial score (nSPS) is 10.5. The van der Waals surface area contributed by atoms with E-state index in [1.807, 2.05) is 6.92 Å². The van der Waals surface area contributed by atoms with Gasteiger partial charge in [0.1, 0.15) is 28.8 Å². The van der Waals surface area contributed by atoms with Crippen LogP contribution in [0, 0.1) is 0 Å². The first-order valence-electron chi connectivity index (χ1n) is 6.29. The Morgan fingerprint density at radius 3 is 2.45 bits per heavy atom. The first-order valence-corrected chi connectivity index (χ1v) is 7.11. The van der Waals surface area contributed by atoms with Crippen LogP contribution < -0.4 is 16.8 Å². The standard InChI is InChI=1S/C12H17N7S/c1-3-7-10(15-4-2)16-6-17-11(7)20-12-18-8(13)5-9(14)19-12/h5-6H,3-4H2,1-2H3,(H,15,16,17)(H4,13,14,18,19). The Morgan fingerprint density at radius 1 is 1.15 bits per heavy atom. The average Bonchev–Trinajstić information content (AvgIpc) is 2.38. The van der Waals surface area contributed by atoms with Crippen LogP contribution in [-0.4, -0.2) is 26.5 Å². The van der Waals surface area contributed by atoms with Crippen LogP contribution in [0.1, 0.15) is 19.4 Å². The van der Waals surface area contributed by atoms with E-state index in [0.717, 1.165) is 29.4 Å². The highest BCUT2D eigenvalue weighted by Crippen LogP contribution is 2.30. The van der Waals surface area contributed by atoms with Gasteiger partial charge in [0.2, 0.25) is 0 Å². The number of hydrogen-bond acceptors (Lipinski definition) is 8. The van der Waals surface area contributed by atoms with Gasteiger partial charge in [-0.1, -0.05) is 6.92 Å². The van der Waals surface area contributed by atoms with Crippen LogP contribution in [0.15, 0.2) is 22.6 Å². The van der Waals surface area contributed by atoms with Crippen LogP contribution >= 0.6 is 11.8 Å². The molecule has 0 unspecified atom stereocenters. The van der Waals surface area contributed by atoms with E-state index in [1.165, 1.54) is 24.2 Å². The molecule has 0 aromatic carbocycles. The minimum Gasteiger partial charge on any atom is -0.383 e. The molecular formula is C12H17N7S. The van der Waals surface area contributed by atoms with Gasteiger partial charge in [0.15, 0.2) is 5.16 Å². The Morgan fingerprint density at radius 2 is 1.85 bits per heavy atom. The Balaban J connectivity index is 2.35. The fraction of sp³-hybridized carbons (Fsp3) is 0.333. The summed E-state index contributed by atoms with van der Waals surface area (Å²) >= 11 is 1.33. The smallest absolute Gasteiger partial charge is 0.197 e. The molecule has 2 rings (SSSR count). The second-order valence-electron chi connectivity index (χ2n) is 3.99. The average molecular weight is 291 g/mol. The number of nitrogens with two attached hydrogens (primary N) is 2. The Hall–Kier alpha value is -2.09. The molecule has 7 nitrogen and oxygen atoms in total. The summed E-state index contributed by atoms with van der Waals surface area (Å²) in [5.41, 5.74) is 12.4. The number of nitrogen functional groups attached to an aromatic ring is 2. The summed E-state index contributed by atoms with van der Waals surface area (Å²) in [6, 6.07) is 1.52. The van der Waals surface area contributed by atoms with E-state index in [1.54, 1.807) is 0 Å². The van der Waals surface area contributed by atoms with Crippen molar-refractivity contribution in [2.45, 2.75) is 30.5 Å². The van der Waals surface area contributed by atoms with E-state index in [2.05, 4.69) is 32.2 Å². The third-order valence-corrected chi connectivity index (χ3v) is 3.45. The number of nitrogens with zero attached hydrogens (tertiary/aromatic N) is 4. The molecule has 0 spiro atoms. The van der Waals surface area contributed by atoms with Gasteiger partial charge in [-0.3, -0.25) is 0 Å². The van der Waals surface area contributed by atoms with Crippen molar-refractivity contribution in [3.05, 3.63) is 18.0 Å². The molecule has 0 atom stereocenters. The third-order valence-electron chi connectivity index (χ3n) is 2.54. The topological polar surface area (TPSA) is 116 Å². The maximum atomic E-state index is 5.67. The Kier molecular flexibility index (Phi) is 4.57. The van der Waals surface area contributed by atoms with E-state index in [-0.39, 0.29) is 0 Å². The summed E-state index contributed by atoms with van der Waals surface area (Å²) in [6.07, 6.45) is 2.33. The van der Waals surface area contributed by atoms with Crippen molar-refractivity contribution in [3.63, 3.8) is 0 Å². The number of hydrogen-bond donors (Lipinski definition) is 3. The van der Waals surface area contributed by atoms with Crippen LogP contribution in [0.4, 0.5) is 17.5 Å². The highest BCUT2D eigenvalue weighted by atomic mass is 32.2. The minimum absolute atomic E-state index is 0.346. The molecule has 2 aromatic heterocycles. The molecule has 0 bridgehead atoms. The van der Waals surface area contributed by atoms with E-state index in [4.69, 9.17) is 11.5 Å². The molecule has 0 aliphatic rings. The summed E-state index contributed by atoms with van der Waals surface area (Å²) < 4.78 is 0. The molecule has 0 radical (unpaired) electrons. The summed E-state index contributed by atoms with van der Waals surface area (Å²) in [6.45, 7) is 4.88. The minimum atomic E-state index is 0.346. The Bertz CT molecular complexity index is 582. The molecule has 0 saturated heterocycles. The van der Waals surface area contributed by atoms with Gasteiger partial charge in [-0.05, 0) is 25.1 Å². The number of anilines is 3. The fourth-order valence-electron chi connectivity index (χ4n) is 1.72. The molecule has 2 aromatic rings. The molecule has 5 N–H and O–H groups in total. The highest BCUT2D eigenvalue weighted by molar-refractivity contribution is 7.99. The molecule has 0 aliphatic heterocycles. The van der Waals surface area contributed by atoms with E-state index < -0.39 is 0 Å². The maximum absolute atomic E-state index is 5.67. The van der Waals surface area contributed by atoms with Gasteiger partial charge in [0, 0.05) is 18.2 Å². The van der Waals surface area contributed by atoms with Crippen molar-refractivity contribution in [1.29, 1.82) is 0 Å². The third kappa shape index (κ3) is 3.27. The van der Waals surface area contributed by atoms with Gasteiger partial charge in [-0.25, -0.2) is 19.9 Å². The van der Waals surface area contributed by atoms with Crippen molar-refractivity contribution in [1.82, 2.24) is 19.9 Å². The summed E-state index contributed by atoms with van der Waals surface area (Å²) in [7, 11) is 0. The molecular weight excluding hydrogens is 274 g/mol. The second kappa shape index (κ2) is 6.38. The number of rotatable bonds is 5. The van der Waals surface area contributed by atoms with Crippen molar-refractivity contribution in [2.75, 3.05) is 23.3 Å². The van der Waals surface area contributed by atoms with Gasteiger partial charge < -0.3 is 16.8 Å². The van der Waals surface area contributed by atoms with Crippen LogP contribution in [0.3, 0.4) is 0 Å². The zero-order chi connectivity index (χ0) is 14.5. The van der Waals surface area contributed by atoms with Gasteiger partial charge in [-0.2, -0.15) is 0 Å². The first kappa shape index (κ1) is 14.3. The SMILES string of the molecule is CCNc1ncnc(Sc2nc(N)cc(N)n2)c1CC. The molecule has 0 fully saturated rings. The molecule has 0 saturated carbocycles. The first-order chi connectivity index (χ1) is 9.63. The molecule has 0 amide bonds. The van der Waals surface area contributed by atoms with Gasteiger partial charge in [-0.15, -0.1) is 0 Å². The van der Waals surface area contributed by atoms with Gasteiger partial charge >= 0.3 is 0 Å². The lowest BCUT2D eigenvalue weighted by atomic mass is 10.2. The zero-order valence-electron chi connectivity index (χ0n) is 11.4. The second-order valence-corrected chi connectivity index (χ2v) is 4.95. The van der Waals surface area contributed by atoms with Gasteiger partial charge in [0.05, 0.1) is 0 Å². The maximum Gasteiger partial charge on any atom is 0.197 e.